The number of hydrogen-bond donors (Lipinski definition) is 1. The maximum absolute atomic E-state index is 13.1. The van der Waals surface area contributed by atoms with Gasteiger partial charge >= 0.3 is 6.18 Å². The van der Waals surface area contributed by atoms with E-state index in [1.807, 2.05) is 0 Å². The van der Waals surface area contributed by atoms with Gasteiger partial charge in [-0.1, -0.05) is 11.2 Å². The molecule has 0 saturated heterocycles. The van der Waals surface area contributed by atoms with Crippen molar-refractivity contribution in [2.45, 2.75) is 13.1 Å². The Morgan fingerprint density at radius 1 is 1.20 bits per heavy atom. The Labute approximate surface area is 139 Å². The number of halogens is 3. The van der Waals surface area contributed by atoms with Gasteiger partial charge in [0.25, 0.3) is 5.89 Å². The monoisotopic (exact) mass is 348 g/mol. The van der Waals surface area contributed by atoms with Gasteiger partial charge in [0, 0.05) is 24.4 Å². The number of carbonyl (C=O) groups excluding carboxylic acids is 1. The van der Waals surface area contributed by atoms with E-state index in [-0.39, 0.29) is 23.0 Å². The second-order valence-corrected chi connectivity index (χ2v) is 5.12. The largest absolute Gasteiger partial charge is 0.416 e. The Hall–Kier alpha value is -3.23. The van der Waals surface area contributed by atoms with Crippen molar-refractivity contribution in [2.24, 2.45) is 0 Å². The molecule has 3 aromatic rings. The van der Waals surface area contributed by atoms with Crippen LogP contribution in [0.1, 0.15) is 12.5 Å². The lowest BCUT2D eigenvalue weighted by Crippen LogP contribution is -2.10. The van der Waals surface area contributed by atoms with E-state index >= 15 is 0 Å². The Bertz CT molecular complexity index is 907. The van der Waals surface area contributed by atoms with Crippen LogP contribution in [0.25, 0.3) is 23.0 Å². The van der Waals surface area contributed by atoms with Crippen LogP contribution in [0.3, 0.4) is 0 Å². The van der Waals surface area contributed by atoms with Crippen LogP contribution in [0.4, 0.5) is 18.9 Å². The van der Waals surface area contributed by atoms with E-state index in [4.69, 9.17) is 4.52 Å². The Morgan fingerprint density at radius 2 is 2.00 bits per heavy atom. The summed E-state index contributed by atoms with van der Waals surface area (Å²) in [5.41, 5.74) is -0.499. The van der Waals surface area contributed by atoms with Gasteiger partial charge in [-0.3, -0.25) is 9.78 Å². The topological polar surface area (TPSA) is 80.9 Å². The first kappa shape index (κ1) is 16.6. The van der Waals surface area contributed by atoms with E-state index in [1.165, 1.54) is 19.2 Å². The number of amides is 1. The summed E-state index contributed by atoms with van der Waals surface area (Å²) in [6.07, 6.45) is -3.06. The first-order valence-electron chi connectivity index (χ1n) is 7.08. The maximum Gasteiger partial charge on any atom is 0.416 e. The van der Waals surface area contributed by atoms with E-state index in [0.717, 1.165) is 12.1 Å². The highest BCUT2D eigenvalue weighted by molar-refractivity contribution is 5.89. The highest BCUT2D eigenvalue weighted by atomic mass is 19.4. The predicted molar refractivity (Wildman–Crippen MR) is 82.3 cm³/mol. The molecule has 1 aromatic carbocycles. The molecule has 0 saturated carbocycles. The zero-order valence-corrected chi connectivity index (χ0v) is 12.8. The molecular weight excluding hydrogens is 337 g/mol. The predicted octanol–water partition coefficient (Wildman–Crippen LogP) is 3.78. The molecule has 1 amide bonds. The quantitative estimate of drug-likeness (QED) is 0.779. The second kappa shape index (κ2) is 6.34. The molecule has 3 rings (SSSR count). The number of anilines is 1. The maximum atomic E-state index is 13.1. The number of carbonyl (C=O) groups is 1. The van der Waals surface area contributed by atoms with Crippen LogP contribution in [0.15, 0.2) is 47.1 Å². The fourth-order valence-electron chi connectivity index (χ4n) is 2.13. The van der Waals surface area contributed by atoms with Crippen LogP contribution in [0.5, 0.6) is 0 Å². The summed E-state index contributed by atoms with van der Waals surface area (Å²) in [7, 11) is 0. The fourth-order valence-corrected chi connectivity index (χ4v) is 2.13. The first-order chi connectivity index (χ1) is 11.8. The molecule has 2 aromatic heterocycles. The highest BCUT2D eigenvalue weighted by Gasteiger charge is 2.32. The minimum atomic E-state index is -4.59. The van der Waals surface area contributed by atoms with Gasteiger partial charge in [-0.15, -0.1) is 0 Å². The van der Waals surface area contributed by atoms with Crippen molar-refractivity contribution in [1.82, 2.24) is 15.1 Å². The number of pyridine rings is 1. The van der Waals surface area contributed by atoms with Crippen LogP contribution in [0.2, 0.25) is 0 Å². The molecule has 2 heterocycles. The van der Waals surface area contributed by atoms with Crippen LogP contribution in [-0.2, 0) is 11.0 Å². The molecular formula is C16H11F3N4O2. The number of benzene rings is 1. The molecule has 0 unspecified atom stereocenters. The number of rotatable bonds is 3. The molecule has 0 aliphatic heterocycles. The third kappa shape index (κ3) is 3.82. The molecule has 0 radical (unpaired) electrons. The standard InChI is InChI=1S/C16H11F3N4O2/c1-9(24)21-12-7-10(6-11(8-12)16(17,18)19)15-22-14(23-25-15)13-4-2-3-5-20-13/h2-8H,1H3,(H,21,24). The lowest BCUT2D eigenvalue weighted by Gasteiger charge is -2.11. The van der Waals surface area contributed by atoms with Gasteiger partial charge in [-0.2, -0.15) is 18.2 Å². The Kier molecular flexibility index (Phi) is 4.22. The normalized spacial score (nSPS) is 11.4. The zero-order chi connectivity index (χ0) is 18.0. The number of nitrogens with zero attached hydrogens (tertiary/aromatic N) is 3. The summed E-state index contributed by atoms with van der Waals surface area (Å²) >= 11 is 0. The van der Waals surface area contributed by atoms with E-state index in [0.29, 0.717) is 5.69 Å². The van der Waals surface area contributed by atoms with Gasteiger partial charge in [-0.25, -0.2) is 0 Å². The number of aromatic nitrogens is 3. The molecule has 0 aliphatic carbocycles. The number of hydrogen-bond acceptors (Lipinski definition) is 5. The smallest absolute Gasteiger partial charge is 0.334 e. The molecule has 1 N–H and O–H groups in total. The molecule has 128 valence electrons. The zero-order valence-electron chi connectivity index (χ0n) is 12.8. The SMILES string of the molecule is CC(=O)Nc1cc(-c2nc(-c3ccccn3)no2)cc(C(F)(F)F)c1. The Morgan fingerprint density at radius 3 is 2.64 bits per heavy atom. The Balaban J connectivity index is 2.04. The summed E-state index contributed by atoms with van der Waals surface area (Å²) < 4.78 is 44.3. The summed E-state index contributed by atoms with van der Waals surface area (Å²) in [4.78, 5) is 19.3. The van der Waals surface area contributed by atoms with Crippen molar-refractivity contribution in [1.29, 1.82) is 0 Å². The third-order valence-corrected chi connectivity index (χ3v) is 3.15. The molecule has 0 atom stereocenters. The van der Waals surface area contributed by atoms with Crippen molar-refractivity contribution < 1.29 is 22.5 Å². The van der Waals surface area contributed by atoms with E-state index in [9.17, 15) is 18.0 Å². The van der Waals surface area contributed by atoms with Gasteiger partial charge in [0.1, 0.15) is 5.69 Å². The van der Waals surface area contributed by atoms with Gasteiger partial charge in [0.05, 0.1) is 5.56 Å². The van der Waals surface area contributed by atoms with Crippen LogP contribution < -0.4 is 5.32 Å². The minimum absolute atomic E-state index is 0.0186. The average molecular weight is 348 g/mol. The van der Waals surface area contributed by atoms with Crippen molar-refractivity contribution in [2.75, 3.05) is 5.32 Å². The minimum Gasteiger partial charge on any atom is -0.334 e. The fraction of sp³-hybridized carbons (Fsp3) is 0.125. The van der Waals surface area contributed by atoms with Crippen LogP contribution >= 0.6 is 0 Å². The average Bonchev–Trinajstić information content (AvgIpc) is 3.04. The van der Waals surface area contributed by atoms with E-state index < -0.39 is 17.6 Å². The van der Waals surface area contributed by atoms with Crippen molar-refractivity contribution in [3.05, 3.63) is 48.2 Å². The number of nitrogens with one attached hydrogen (secondary N) is 1. The van der Waals surface area contributed by atoms with E-state index in [1.54, 1.807) is 18.2 Å². The third-order valence-electron chi connectivity index (χ3n) is 3.15. The van der Waals surface area contributed by atoms with Crippen LogP contribution in [-0.4, -0.2) is 21.0 Å². The molecule has 0 fully saturated rings. The van der Waals surface area contributed by atoms with Crippen molar-refractivity contribution in [3.63, 3.8) is 0 Å². The van der Waals surface area contributed by atoms with Crippen molar-refractivity contribution in [3.8, 4) is 23.0 Å². The molecule has 0 bridgehead atoms. The van der Waals surface area contributed by atoms with Crippen LogP contribution in [0, 0.1) is 0 Å². The van der Waals surface area contributed by atoms with Gasteiger partial charge in [0.15, 0.2) is 0 Å². The highest BCUT2D eigenvalue weighted by Crippen LogP contribution is 2.34. The lowest BCUT2D eigenvalue weighted by atomic mass is 10.1. The van der Waals surface area contributed by atoms with E-state index in [2.05, 4.69) is 20.4 Å². The van der Waals surface area contributed by atoms with Crippen molar-refractivity contribution >= 4 is 11.6 Å². The number of alkyl halides is 3. The first-order valence-corrected chi connectivity index (χ1v) is 7.08. The molecule has 6 nitrogen and oxygen atoms in total. The second-order valence-electron chi connectivity index (χ2n) is 5.12. The summed E-state index contributed by atoms with van der Waals surface area (Å²) in [5.74, 6) is -0.461. The van der Waals surface area contributed by atoms with Gasteiger partial charge in [0.2, 0.25) is 11.7 Å². The van der Waals surface area contributed by atoms with Gasteiger partial charge in [-0.05, 0) is 30.3 Å². The lowest BCUT2D eigenvalue weighted by molar-refractivity contribution is -0.137. The summed E-state index contributed by atoms with van der Waals surface area (Å²) in [6, 6.07) is 8.10. The summed E-state index contributed by atoms with van der Waals surface area (Å²) in [5, 5.41) is 6.05. The summed E-state index contributed by atoms with van der Waals surface area (Å²) in [6.45, 7) is 1.20. The molecule has 0 aliphatic rings. The molecule has 0 spiro atoms. The molecule has 9 heteroatoms. The molecule has 25 heavy (non-hydrogen) atoms. The van der Waals surface area contributed by atoms with Gasteiger partial charge < -0.3 is 9.84 Å².